The first-order chi connectivity index (χ1) is 8.19. The fraction of sp³-hybridized carbons (Fsp3) is 0.250. The van der Waals surface area contributed by atoms with Gasteiger partial charge in [-0.3, -0.25) is 5.10 Å². The van der Waals surface area contributed by atoms with Crippen LogP contribution in [0.15, 0.2) is 6.20 Å². The standard InChI is InChI=1S/C8H10ClN7O/c1-17-8-14-6(9)13-7(15-8)11-2-4-3-12-16-5(4)10/h3H,2H2,1H3,(H3,10,12,16)(H,11,13,14,15). The normalized spacial score (nSPS) is 10.2. The molecular weight excluding hydrogens is 246 g/mol. The lowest BCUT2D eigenvalue weighted by molar-refractivity contribution is 0.379. The topological polar surface area (TPSA) is 115 Å². The monoisotopic (exact) mass is 255 g/mol. The number of rotatable bonds is 4. The summed E-state index contributed by atoms with van der Waals surface area (Å²) in [5, 5.41) is 9.41. The highest BCUT2D eigenvalue weighted by molar-refractivity contribution is 6.28. The van der Waals surface area contributed by atoms with Crippen LogP contribution < -0.4 is 15.8 Å². The molecule has 0 radical (unpaired) electrons. The second-order valence-corrected chi connectivity index (χ2v) is 3.42. The Kier molecular flexibility index (Phi) is 3.24. The van der Waals surface area contributed by atoms with Crippen molar-refractivity contribution in [1.82, 2.24) is 25.1 Å². The highest BCUT2D eigenvalue weighted by Gasteiger charge is 2.06. The van der Waals surface area contributed by atoms with Crippen LogP contribution in [-0.2, 0) is 6.54 Å². The van der Waals surface area contributed by atoms with Crippen molar-refractivity contribution in [2.75, 3.05) is 18.2 Å². The first kappa shape index (κ1) is 11.4. The number of nitrogens with one attached hydrogen (secondary N) is 2. The van der Waals surface area contributed by atoms with Gasteiger partial charge in [0.25, 0.3) is 0 Å². The summed E-state index contributed by atoms with van der Waals surface area (Å²) in [6.07, 6.45) is 1.61. The number of aromatic nitrogens is 5. The average Bonchev–Trinajstić information content (AvgIpc) is 2.71. The third kappa shape index (κ3) is 2.72. The summed E-state index contributed by atoms with van der Waals surface area (Å²) in [5.74, 6) is 0.798. The molecule has 90 valence electrons. The van der Waals surface area contributed by atoms with Crippen molar-refractivity contribution in [3.05, 3.63) is 17.0 Å². The highest BCUT2D eigenvalue weighted by Crippen LogP contribution is 2.13. The Bertz CT molecular complexity index is 514. The zero-order valence-electron chi connectivity index (χ0n) is 8.94. The number of nitrogens with two attached hydrogens (primary N) is 1. The van der Waals surface area contributed by atoms with Crippen molar-refractivity contribution < 1.29 is 4.74 Å². The molecule has 0 aromatic carbocycles. The van der Waals surface area contributed by atoms with Gasteiger partial charge in [-0.2, -0.15) is 20.1 Å². The molecule has 8 nitrogen and oxygen atoms in total. The Hall–Kier alpha value is -2.09. The average molecular weight is 256 g/mol. The summed E-state index contributed by atoms with van der Waals surface area (Å²) in [4.78, 5) is 11.6. The second-order valence-electron chi connectivity index (χ2n) is 3.08. The van der Waals surface area contributed by atoms with Crippen LogP contribution in [0.4, 0.5) is 11.8 Å². The van der Waals surface area contributed by atoms with Gasteiger partial charge in [0.15, 0.2) is 0 Å². The minimum absolute atomic E-state index is 0.0551. The molecule has 2 aromatic heterocycles. The molecule has 4 N–H and O–H groups in total. The Labute approximate surface area is 102 Å². The zero-order valence-corrected chi connectivity index (χ0v) is 9.69. The van der Waals surface area contributed by atoms with Crippen molar-refractivity contribution in [3.8, 4) is 6.01 Å². The van der Waals surface area contributed by atoms with E-state index in [1.807, 2.05) is 0 Å². The van der Waals surface area contributed by atoms with E-state index >= 15 is 0 Å². The molecule has 0 aliphatic heterocycles. The van der Waals surface area contributed by atoms with Gasteiger partial charge < -0.3 is 15.8 Å². The number of halogens is 1. The van der Waals surface area contributed by atoms with Gasteiger partial charge in [0.2, 0.25) is 11.2 Å². The van der Waals surface area contributed by atoms with Gasteiger partial charge in [-0.25, -0.2) is 0 Å². The number of anilines is 2. The van der Waals surface area contributed by atoms with E-state index in [-0.39, 0.29) is 11.3 Å². The lowest BCUT2D eigenvalue weighted by atomic mass is 10.3. The fourth-order valence-corrected chi connectivity index (χ4v) is 1.29. The van der Waals surface area contributed by atoms with E-state index in [9.17, 15) is 0 Å². The van der Waals surface area contributed by atoms with Gasteiger partial charge in [0, 0.05) is 12.1 Å². The minimum atomic E-state index is 0.0551. The Morgan fingerprint density at radius 3 is 2.94 bits per heavy atom. The van der Waals surface area contributed by atoms with E-state index in [4.69, 9.17) is 22.1 Å². The molecule has 0 fully saturated rings. The third-order valence-corrected chi connectivity index (χ3v) is 2.13. The van der Waals surface area contributed by atoms with E-state index in [0.29, 0.717) is 18.3 Å². The lowest BCUT2D eigenvalue weighted by Crippen LogP contribution is -2.06. The Balaban J connectivity index is 2.09. The molecule has 0 aliphatic carbocycles. The SMILES string of the molecule is COc1nc(Cl)nc(NCc2cn[nH]c2N)n1. The largest absolute Gasteiger partial charge is 0.467 e. The van der Waals surface area contributed by atoms with E-state index < -0.39 is 0 Å². The first-order valence-corrected chi connectivity index (χ1v) is 5.04. The predicted molar refractivity (Wildman–Crippen MR) is 61.7 cm³/mol. The maximum Gasteiger partial charge on any atom is 0.322 e. The van der Waals surface area contributed by atoms with Crippen LogP contribution in [0.3, 0.4) is 0 Å². The molecule has 0 atom stereocenters. The zero-order chi connectivity index (χ0) is 12.3. The van der Waals surface area contributed by atoms with Gasteiger partial charge in [-0.05, 0) is 11.6 Å². The van der Waals surface area contributed by atoms with Crippen molar-refractivity contribution in [2.24, 2.45) is 0 Å². The van der Waals surface area contributed by atoms with Crippen LogP contribution in [0.1, 0.15) is 5.56 Å². The van der Waals surface area contributed by atoms with E-state index in [2.05, 4.69) is 30.5 Å². The van der Waals surface area contributed by atoms with Gasteiger partial charge >= 0.3 is 6.01 Å². The molecule has 2 rings (SSSR count). The smallest absolute Gasteiger partial charge is 0.322 e. The van der Waals surface area contributed by atoms with Crippen molar-refractivity contribution in [3.63, 3.8) is 0 Å². The van der Waals surface area contributed by atoms with Crippen molar-refractivity contribution in [1.29, 1.82) is 0 Å². The Morgan fingerprint density at radius 2 is 2.29 bits per heavy atom. The number of methoxy groups -OCH3 is 1. The molecule has 17 heavy (non-hydrogen) atoms. The first-order valence-electron chi connectivity index (χ1n) is 4.66. The van der Waals surface area contributed by atoms with E-state index in [1.165, 1.54) is 7.11 Å². The molecule has 2 aromatic rings. The number of hydrogen-bond acceptors (Lipinski definition) is 7. The molecule has 2 heterocycles. The number of ether oxygens (including phenoxy) is 1. The van der Waals surface area contributed by atoms with Gasteiger partial charge in [0.1, 0.15) is 5.82 Å². The molecule has 0 unspecified atom stereocenters. The summed E-state index contributed by atoms with van der Waals surface area (Å²) in [6, 6.07) is 0.146. The molecule has 0 amide bonds. The summed E-state index contributed by atoms with van der Waals surface area (Å²) in [6.45, 7) is 0.422. The quantitative estimate of drug-likeness (QED) is 0.726. The van der Waals surface area contributed by atoms with Crippen LogP contribution >= 0.6 is 11.6 Å². The molecule has 9 heteroatoms. The molecule has 0 spiro atoms. The highest BCUT2D eigenvalue weighted by atomic mass is 35.5. The van der Waals surface area contributed by atoms with Crippen molar-refractivity contribution in [2.45, 2.75) is 6.54 Å². The maximum atomic E-state index is 5.70. The maximum absolute atomic E-state index is 5.70. The van der Waals surface area contributed by atoms with Crippen molar-refractivity contribution >= 4 is 23.4 Å². The van der Waals surface area contributed by atoms with Crippen LogP contribution in [0.5, 0.6) is 6.01 Å². The molecule has 0 saturated carbocycles. The second kappa shape index (κ2) is 4.83. The summed E-state index contributed by atoms with van der Waals surface area (Å²) in [5.41, 5.74) is 6.43. The number of hydrogen-bond donors (Lipinski definition) is 3. The molecule has 0 aliphatic rings. The predicted octanol–water partition coefficient (Wildman–Crippen LogP) is 0.451. The van der Waals surface area contributed by atoms with Gasteiger partial charge in [0.05, 0.1) is 13.3 Å². The number of H-pyrrole nitrogens is 1. The number of nitrogens with zero attached hydrogens (tertiary/aromatic N) is 4. The number of aromatic amines is 1. The summed E-state index contributed by atoms with van der Waals surface area (Å²) < 4.78 is 4.87. The van der Waals surface area contributed by atoms with E-state index in [1.54, 1.807) is 6.20 Å². The Morgan fingerprint density at radius 1 is 1.47 bits per heavy atom. The molecule has 0 bridgehead atoms. The van der Waals surface area contributed by atoms with Crippen LogP contribution in [0, 0.1) is 0 Å². The van der Waals surface area contributed by atoms with Crippen LogP contribution in [0.25, 0.3) is 0 Å². The van der Waals surface area contributed by atoms with Crippen LogP contribution in [0.2, 0.25) is 5.28 Å². The fourth-order valence-electron chi connectivity index (χ4n) is 1.14. The molecular formula is C8H10ClN7O. The number of nitrogen functional groups attached to an aromatic ring is 1. The summed E-state index contributed by atoms with van der Waals surface area (Å²) in [7, 11) is 1.45. The molecule has 0 saturated heterocycles. The summed E-state index contributed by atoms with van der Waals surface area (Å²) >= 11 is 5.70. The lowest BCUT2D eigenvalue weighted by Gasteiger charge is -2.05. The minimum Gasteiger partial charge on any atom is -0.467 e. The van der Waals surface area contributed by atoms with Gasteiger partial charge in [-0.15, -0.1) is 0 Å². The van der Waals surface area contributed by atoms with Gasteiger partial charge in [-0.1, -0.05) is 0 Å². The van der Waals surface area contributed by atoms with E-state index in [0.717, 1.165) is 5.56 Å². The van der Waals surface area contributed by atoms with Crippen LogP contribution in [-0.4, -0.2) is 32.3 Å². The third-order valence-electron chi connectivity index (χ3n) is 1.96.